The molecule has 0 unspecified atom stereocenters. The Morgan fingerprint density at radius 1 is 1.16 bits per heavy atom. The van der Waals surface area contributed by atoms with E-state index < -0.39 is 0 Å². The zero-order chi connectivity index (χ0) is 13.8. The van der Waals surface area contributed by atoms with Crippen LogP contribution in [0.2, 0.25) is 5.02 Å². The lowest BCUT2D eigenvalue weighted by Crippen LogP contribution is -2.12. The normalized spacial score (nSPS) is 10.3. The van der Waals surface area contributed by atoms with Crippen LogP contribution in [0, 0.1) is 0 Å². The Hall–Kier alpha value is -1.38. The zero-order valence-electron chi connectivity index (χ0n) is 10.9. The van der Waals surface area contributed by atoms with Crippen molar-refractivity contribution in [2.45, 2.75) is 5.88 Å². The number of halogens is 2. The first-order valence-electron chi connectivity index (χ1n) is 5.88. The van der Waals surface area contributed by atoms with Gasteiger partial charge in [-0.25, -0.2) is 0 Å². The van der Waals surface area contributed by atoms with Gasteiger partial charge in [-0.15, -0.1) is 11.6 Å². The summed E-state index contributed by atoms with van der Waals surface area (Å²) >= 11 is 12.3. The number of hydrogen-bond donors (Lipinski definition) is 0. The fourth-order valence-corrected chi connectivity index (χ4v) is 2.53. The molecule has 0 aromatic heterocycles. The summed E-state index contributed by atoms with van der Waals surface area (Å²) in [5.41, 5.74) is 2.92. The SMILES string of the molecule is COc1cccc(N(C)c2c(Cl)cccc2CCl)c1. The van der Waals surface area contributed by atoms with Gasteiger partial charge in [-0.1, -0.05) is 29.8 Å². The summed E-state index contributed by atoms with van der Waals surface area (Å²) in [4.78, 5) is 2.02. The van der Waals surface area contributed by atoms with Crippen LogP contribution in [0.4, 0.5) is 11.4 Å². The molecule has 2 rings (SSSR count). The van der Waals surface area contributed by atoms with Crippen molar-refractivity contribution in [3.63, 3.8) is 0 Å². The van der Waals surface area contributed by atoms with Gasteiger partial charge in [0.05, 0.1) is 17.8 Å². The van der Waals surface area contributed by atoms with Gasteiger partial charge >= 0.3 is 0 Å². The van der Waals surface area contributed by atoms with Crippen LogP contribution >= 0.6 is 23.2 Å². The number of methoxy groups -OCH3 is 1. The lowest BCUT2D eigenvalue weighted by Gasteiger charge is -2.23. The van der Waals surface area contributed by atoms with Gasteiger partial charge in [-0.05, 0) is 23.8 Å². The van der Waals surface area contributed by atoms with Crippen LogP contribution < -0.4 is 9.64 Å². The molecule has 100 valence electrons. The van der Waals surface area contributed by atoms with Crippen molar-refractivity contribution in [1.82, 2.24) is 0 Å². The largest absolute Gasteiger partial charge is 0.497 e. The minimum Gasteiger partial charge on any atom is -0.497 e. The van der Waals surface area contributed by atoms with Crippen molar-refractivity contribution in [3.8, 4) is 5.75 Å². The molecule has 0 saturated carbocycles. The standard InChI is InChI=1S/C15H15Cl2NO/c1-18(12-6-4-7-13(9-12)19-2)15-11(10-16)5-3-8-14(15)17/h3-9H,10H2,1-2H3. The van der Waals surface area contributed by atoms with Crippen LogP contribution in [-0.4, -0.2) is 14.2 Å². The maximum atomic E-state index is 6.30. The third-order valence-electron chi connectivity index (χ3n) is 2.99. The summed E-state index contributed by atoms with van der Waals surface area (Å²) in [6.45, 7) is 0. The van der Waals surface area contributed by atoms with Crippen molar-refractivity contribution in [3.05, 3.63) is 53.1 Å². The molecule has 0 aliphatic heterocycles. The first-order valence-corrected chi connectivity index (χ1v) is 6.79. The first kappa shape index (κ1) is 14.0. The summed E-state index contributed by atoms with van der Waals surface area (Å²) in [6, 6.07) is 13.6. The predicted molar refractivity (Wildman–Crippen MR) is 82.1 cm³/mol. The monoisotopic (exact) mass is 295 g/mol. The number of rotatable bonds is 4. The second-order valence-corrected chi connectivity index (χ2v) is 4.82. The minimum atomic E-state index is 0.421. The van der Waals surface area contributed by atoms with Gasteiger partial charge in [0, 0.05) is 24.7 Å². The molecular weight excluding hydrogens is 281 g/mol. The van der Waals surface area contributed by atoms with E-state index in [0.29, 0.717) is 10.9 Å². The molecule has 2 nitrogen and oxygen atoms in total. The summed E-state index contributed by atoms with van der Waals surface area (Å²) in [6.07, 6.45) is 0. The third-order valence-corrected chi connectivity index (χ3v) is 3.58. The van der Waals surface area contributed by atoms with Crippen LogP contribution in [0.3, 0.4) is 0 Å². The highest BCUT2D eigenvalue weighted by atomic mass is 35.5. The van der Waals surface area contributed by atoms with Crippen LogP contribution in [-0.2, 0) is 5.88 Å². The number of ether oxygens (including phenoxy) is 1. The van der Waals surface area contributed by atoms with Gasteiger partial charge in [0.2, 0.25) is 0 Å². The maximum absolute atomic E-state index is 6.30. The van der Waals surface area contributed by atoms with Gasteiger partial charge in [0.1, 0.15) is 5.75 Å². The van der Waals surface area contributed by atoms with Gasteiger partial charge in [-0.2, -0.15) is 0 Å². The van der Waals surface area contributed by atoms with Crippen LogP contribution in [0.5, 0.6) is 5.75 Å². The number of para-hydroxylation sites is 1. The topological polar surface area (TPSA) is 12.5 Å². The molecule has 0 amide bonds. The lowest BCUT2D eigenvalue weighted by molar-refractivity contribution is 0.415. The number of benzene rings is 2. The summed E-state index contributed by atoms with van der Waals surface area (Å²) in [5.74, 6) is 1.23. The number of nitrogens with zero attached hydrogens (tertiary/aromatic N) is 1. The lowest BCUT2D eigenvalue weighted by atomic mass is 10.1. The molecule has 0 aliphatic rings. The van der Waals surface area contributed by atoms with Crippen molar-refractivity contribution in [1.29, 1.82) is 0 Å². The van der Waals surface area contributed by atoms with Gasteiger partial charge < -0.3 is 9.64 Å². The molecule has 2 aromatic rings. The molecule has 4 heteroatoms. The van der Waals surface area contributed by atoms with E-state index in [4.69, 9.17) is 27.9 Å². The average Bonchev–Trinajstić information content (AvgIpc) is 2.46. The fourth-order valence-electron chi connectivity index (χ4n) is 1.99. The second-order valence-electron chi connectivity index (χ2n) is 4.14. The second kappa shape index (κ2) is 6.18. The van der Waals surface area contributed by atoms with Crippen molar-refractivity contribution >= 4 is 34.6 Å². The van der Waals surface area contributed by atoms with Crippen molar-refractivity contribution in [2.24, 2.45) is 0 Å². The quantitative estimate of drug-likeness (QED) is 0.747. The van der Waals surface area contributed by atoms with Crippen LogP contribution in [0.25, 0.3) is 0 Å². The molecular formula is C15H15Cl2NO. The highest BCUT2D eigenvalue weighted by Crippen LogP contribution is 2.35. The van der Waals surface area contributed by atoms with E-state index in [0.717, 1.165) is 22.7 Å². The van der Waals surface area contributed by atoms with Gasteiger partial charge in [0.15, 0.2) is 0 Å². The Balaban J connectivity index is 2.46. The Labute approximate surface area is 123 Å². The van der Waals surface area contributed by atoms with Gasteiger partial charge in [-0.3, -0.25) is 0 Å². The highest BCUT2D eigenvalue weighted by Gasteiger charge is 2.13. The van der Waals surface area contributed by atoms with Crippen LogP contribution in [0.15, 0.2) is 42.5 Å². The van der Waals surface area contributed by atoms with E-state index in [2.05, 4.69) is 0 Å². The molecule has 0 atom stereocenters. The molecule has 0 fully saturated rings. The molecule has 0 N–H and O–H groups in total. The molecule has 0 bridgehead atoms. The number of hydrogen-bond acceptors (Lipinski definition) is 2. The summed E-state index contributed by atoms with van der Waals surface area (Å²) < 4.78 is 5.24. The Bertz CT molecular complexity index is 572. The maximum Gasteiger partial charge on any atom is 0.120 e. The Morgan fingerprint density at radius 2 is 1.89 bits per heavy atom. The minimum absolute atomic E-state index is 0.421. The van der Waals surface area contributed by atoms with E-state index in [9.17, 15) is 0 Å². The number of alkyl halides is 1. The van der Waals surface area contributed by atoms with E-state index in [1.54, 1.807) is 7.11 Å². The number of anilines is 2. The molecule has 0 aliphatic carbocycles. The van der Waals surface area contributed by atoms with E-state index >= 15 is 0 Å². The van der Waals surface area contributed by atoms with E-state index in [1.807, 2.05) is 54.4 Å². The Kier molecular flexibility index (Phi) is 4.56. The molecule has 0 heterocycles. The zero-order valence-corrected chi connectivity index (χ0v) is 12.4. The van der Waals surface area contributed by atoms with E-state index in [-0.39, 0.29) is 0 Å². The first-order chi connectivity index (χ1) is 9.17. The molecule has 0 radical (unpaired) electrons. The molecule has 0 saturated heterocycles. The van der Waals surface area contributed by atoms with Crippen LogP contribution in [0.1, 0.15) is 5.56 Å². The third kappa shape index (κ3) is 2.96. The fraction of sp³-hybridized carbons (Fsp3) is 0.200. The smallest absolute Gasteiger partial charge is 0.120 e. The van der Waals surface area contributed by atoms with E-state index in [1.165, 1.54) is 0 Å². The Morgan fingerprint density at radius 3 is 2.58 bits per heavy atom. The average molecular weight is 296 g/mol. The molecule has 19 heavy (non-hydrogen) atoms. The predicted octanol–water partition coefficient (Wildman–Crippen LogP) is 4.86. The molecule has 2 aromatic carbocycles. The summed E-state index contributed by atoms with van der Waals surface area (Å²) in [7, 11) is 3.62. The van der Waals surface area contributed by atoms with Crippen molar-refractivity contribution in [2.75, 3.05) is 19.1 Å². The molecule has 0 spiro atoms. The summed E-state index contributed by atoms with van der Waals surface area (Å²) in [5, 5.41) is 0.684. The highest BCUT2D eigenvalue weighted by molar-refractivity contribution is 6.33. The van der Waals surface area contributed by atoms with Crippen molar-refractivity contribution < 1.29 is 4.74 Å². The van der Waals surface area contributed by atoms with Gasteiger partial charge in [0.25, 0.3) is 0 Å².